The molecule has 1 unspecified atom stereocenters. The SMILES string of the molecule is C#Cc1ccc(C(=O)NC2(C(=O)Nc3ccc(N4CCOCC4=O)c(C)c3)CCS(=O)(=O)C2)s1. The first kappa shape index (κ1) is 23.9. The summed E-state index contributed by atoms with van der Waals surface area (Å²) in [6.45, 7) is 2.70. The van der Waals surface area contributed by atoms with Crippen LogP contribution in [0.3, 0.4) is 0 Å². The molecule has 1 aromatic heterocycles. The highest BCUT2D eigenvalue weighted by atomic mass is 32.2. The van der Waals surface area contributed by atoms with Gasteiger partial charge < -0.3 is 20.3 Å². The van der Waals surface area contributed by atoms with Gasteiger partial charge in [0.15, 0.2) is 9.84 Å². The fourth-order valence-corrected chi connectivity index (χ4v) is 6.67. The molecule has 2 aliphatic rings. The quantitative estimate of drug-likeness (QED) is 0.596. The van der Waals surface area contributed by atoms with Gasteiger partial charge in [-0.15, -0.1) is 17.8 Å². The minimum atomic E-state index is -3.51. The van der Waals surface area contributed by atoms with Gasteiger partial charge in [-0.3, -0.25) is 14.4 Å². The minimum absolute atomic E-state index is 0.0156. The Morgan fingerprint density at radius 2 is 2.06 bits per heavy atom. The highest BCUT2D eigenvalue weighted by molar-refractivity contribution is 7.91. The number of nitrogens with zero attached hydrogens (tertiary/aromatic N) is 1. The van der Waals surface area contributed by atoms with Crippen LogP contribution in [0, 0.1) is 19.3 Å². The molecule has 0 spiro atoms. The smallest absolute Gasteiger partial charge is 0.262 e. The average Bonchev–Trinajstić information content (AvgIpc) is 3.39. The van der Waals surface area contributed by atoms with E-state index in [1.165, 1.54) is 0 Å². The van der Waals surface area contributed by atoms with Crippen LogP contribution in [-0.2, 0) is 24.2 Å². The fourth-order valence-electron chi connectivity index (χ4n) is 4.06. The summed E-state index contributed by atoms with van der Waals surface area (Å²) < 4.78 is 29.7. The summed E-state index contributed by atoms with van der Waals surface area (Å²) in [4.78, 5) is 40.7. The maximum absolute atomic E-state index is 13.3. The number of amides is 3. The number of thiophene rings is 1. The van der Waals surface area contributed by atoms with E-state index in [0.717, 1.165) is 16.9 Å². The summed E-state index contributed by atoms with van der Waals surface area (Å²) >= 11 is 1.09. The molecule has 11 heteroatoms. The third-order valence-electron chi connectivity index (χ3n) is 5.80. The second-order valence-electron chi connectivity index (χ2n) is 8.24. The van der Waals surface area contributed by atoms with Gasteiger partial charge in [-0.1, -0.05) is 5.92 Å². The maximum atomic E-state index is 13.3. The molecule has 178 valence electrons. The van der Waals surface area contributed by atoms with Crippen LogP contribution in [-0.4, -0.2) is 62.9 Å². The predicted molar refractivity (Wildman–Crippen MR) is 129 cm³/mol. The number of aryl methyl sites for hydroxylation is 1. The molecule has 0 bridgehead atoms. The lowest BCUT2D eigenvalue weighted by Gasteiger charge is -2.29. The molecule has 0 aliphatic carbocycles. The summed E-state index contributed by atoms with van der Waals surface area (Å²) in [7, 11) is -3.51. The van der Waals surface area contributed by atoms with Crippen LogP contribution in [0.25, 0.3) is 0 Å². The van der Waals surface area contributed by atoms with Gasteiger partial charge in [0.2, 0.25) is 0 Å². The summed E-state index contributed by atoms with van der Waals surface area (Å²) in [5, 5.41) is 5.39. The second kappa shape index (κ2) is 9.21. The Morgan fingerprint density at radius 1 is 1.26 bits per heavy atom. The van der Waals surface area contributed by atoms with Gasteiger partial charge in [0.05, 0.1) is 27.9 Å². The summed E-state index contributed by atoms with van der Waals surface area (Å²) in [5.41, 5.74) is 0.282. The Balaban J connectivity index is 1.55. The fraction of sp³-hybridized carbons (Fsp3) is 0.348. The van der Waals surface area contributed by atoms with Crippen LogP contribution in [0.15, 0.2) is 30.3 Å². The number of terminal acetylenes is 1. The number of benzene rings is 1. The Hall–Kier alpha value is -3.20. The highest BCUT2D eigenvalue weighted by Crippen LogP contribution is 2.29. The molecule has 2 N–H and O–H groups in total. The lowest BCUT2D eigenvalue weighted by atomic mass is 9.97. The van der Waals surface area contributed by atoms with E-state index in [1.54, 1.807) is 35.2 Å². The Morgan fingerprint density at radius 3 is 2.68 bits per heavy atom. The third-order valence-corrected chi connectivity index (χ3v) is 8.57. The van der Waals surface area contributed by atoms with Crippen LogP contribution in [0.1, 0.15) is 26.5 Å². The lowest BCUT2D eigenvalue weighted by molar-refractivity contribution is -0.125. The molecule has 2 aromatic rings. The Kier molecular flexibility index (Phi) is 6.49. The molecular formula is C23H23N3O6S2. The van der Waals surface area contributed by atoms with Gasteiger partial charge in [0.1, 0.15) is 12.1 Å². The normalized spacial score (nSPS) is 21.6. The zero-order valence-electron chi connectivity index (χ0n) is 18.4. The number of sulfone groups is 1. The van der Waals surface area contributed by atoms with Crippen LogP contribution < -0.4 is 15.5 Å². The van der Waals surface area contributed by atoms with E-state index in [0.29, 0.717) is 34.3 Å². The van der Waals surface area contributed by atoms with Crippen molar-refractivity contribution in [3.63, 3.8) is 0 Å². The van der Waals surface area contributed by atoms with Crippen molar-refractivity contribution in [3.05, 3.63) is 45.6 Å². The number of ether oxygens (including phenoxy) is 1. The monoisotopic (exact) mass is 501 g/mol. The number of carbonyl (C=O) groups is 3. The molecule has 34 heavy (non-hydrogen) atoms. The number of hydrogen-bond acceptors (Lipinski definition) is 7. The van der Waals surface area contributed by atoms with Crippen molar-refractivity contribution >= 4 is 50.3 Å². The van der Waals surface area contributed by atoms with E-state index in [9.17, 15) is 22.8 Å². The van der Waals surface area contributed by atoms with Gasteiger partial charge in [-0.2, -0.15) is 0 Å². The first-order valence-electron chi connectivity index (χ1n) is 10.5. The summed E-state index contributed by atoms with van der Waals surface area (Å²) in [6.07, 6.45) is 5.32. The van der Waals surface area contributed by atoms with E-state index < -0.39 is 32.9 Å². The van der Waals surface area contributed by atoms with Crippen LogP contribution in [0.2, 0.25) is 0 Å². The van der Waals surface area contributed by atoms with Crippen LogP contribution in [0.5, 0.6) is 0 Å². The maximum Gasteiger partial charge on any atom is 0.262 e. The zero-order chi connectivity index (χ0) is 24.5. The number of rotatable bonds is 5. The molecule has 2 aliphatic heterocycles. The first-order chi connectivity index (χ1) is 16.1. The molecule has 1 aromatic carbocycles. The number of carbonyl (C=O) groups excluding carboxylic acids is 3. The van der Waals surface area contributed by atoms with E-state index in [1.807, 2.05) is 6.92 Å². The van der Waals surface area contributed by atoms with Crippen LogP contribution in [0.4, 0.5) is 11.4 Å². The zero-order valence-corrected chi connectivity index (χ0v) is 20.1. The molecule has 3 amide bonds. The second-order valence-corrected chi connectivity index (χ2v) is 11.5. The molecule has 2 fully saturated rings. The lowest BCUT2D eigenvalue weighted by Crippen LogP contribution is -2.57. The molecule has 2 saturated heterocycles. The van der Waals surface area contributed by atoms with Crippen molar-refractivity contribution in [3.8, 4) is 12.3 Å². The molecular weight excluding hydrogens is 478 g/mol. The first-order valence-corrected chi connectivity index (χ1v) is 13.2. The van der Waals surface area contributed by atoms with Crippen molar-refractivity contribution < 1.29 is 27.5 Å². The van der Waals surface area contributed by atoms with Crippen molar-refractivity contribution in [1.82, 2.24) is 5.32 Å². The minimum Gasteiger partial charge on any atom is -0.370 e. The topological polar surface area (TPSA) is 122 Å². The summed E-state index contributed by atoms with van der Waals surface area (Å²) in [6, 6.07) is 8.21. The number of anilines is 2. The van der Waals surface area contributed by atoms with Crippen molar-refractivity contribution in [2.45, 2.75) is 18.9 Å². The Bertz CT molecular complexity index is 1310. The molecule has 4 rings (SSSR count). The van der Waals surface area contributed by atoms with Gasteiger partial charge in [-0.25, -0.2) is 8.42 Å². The predicted octanol–water partition coefficient (Wildman–Crippen LogP) is 1.33. The largest absolute Gasteiger partial charge is 0.370 e. The van der Waals surface area contributed by atoms with Crippen LogP contribution >= 0.6 is 11.3 Å². The van der Waals surface area contributed by atoms with E-state index in [4.69, 9.17) is 11.2 Å². The van der Waals surface area contributed by atoms with Gasteiger partial charge >= 0.3 is 0 Å². The molecule has 1 atom stereocenters. The van der Waals surface area contributed by atoms with Gasteiger partial charge in [-0.05, 0) is 49.2 Å². The van der Waals surface area contributed by atoms with Gasteiger partial charge in [0, 0.05) is 17.9 Å². The average molecular weight is 502 g/mol. The standard InChI is InChI=1S/C23H23N3O6S2/c1-3-17-5-7-19(33-17)21(28)25-23(8-11-34(30,31)14-23)22(29)24-16-4-6-18(15(2)12-16)26-9-10-32-13-20(26)27/h1,4-7,12H,8-11,13-14H2,2H3,(H,24,29)(H,25,28). The number of hydrogen-bond donors (Lipinski definition) is 2. The molecule has 0 radical (unpaired) electrons. The highest BCUT2D eigenvalue weighted by Gasteiger charge is 2.49. The third kappa shape index (κ3) is 4.84. The molecule has 3 heterocycles. The van der Waals surface area contributed by atoms with Crippen molar-refractivity contribution in [2.75, 3.05) is 41.5 Å². The van der Waals surface area contributed by atoms with E-state index in [-0.39, 0.29) is 24.7 Å². The Labute approximate surface area is 201 Å². The van der Waals surface area contributed by atoms with E-state index in [2.05, 4.69) is 16.6 Å². The van der Waals surface area contributed by atoms with Crippen molar-refractivity contribution in [2.24, 2.45) is 0 Å². The summed E-state index contributed by atoms with van der Waals surface area (Å²) in [5.74, 6) is 0.409. The number of morpholine rings is 1. The van der Waals surface area contributed by atoms with E-state index >= 15 is 0 Å². The molecule has 9 nitrogen and oxygen atoms in total. The van der Waals surface area contributed by atoms with Gasteiger partial charge in [0.25, 0.3) is 17.7 Å². The molecule has 0 saturated carbocycles. The van der Waals surface area contributed by atoms with Crippen molar-refractivity contribution in [1.29, 1.82) is 0 Å². The number of nitrogens with one attached hydrogen (secondary N) is 2.